The number of carbonyl (C=O) groups excluding carboxylic acids is 1. The van der Waals surface area contributed by atoms with E-state index in [1.54, 1.807) is 48.6 Å². The standard InChI is InChI=1S/C14H15N3O/c1-10-3-4-13(15)12(9-10)14(18)17(2)11-5-7-16-8-6-11/h3-9H,15H2,1-2H3. The molecular weight excluding hydrogens is 226 g/mol. The van der Waals surface area contributed by atoms with Gasteiger partial charge < -0.3 is 10.6 Å². The van der Waals surface area contributed by atoms with Crippen molar-refractivity contribution in [2.75, 3.05) is 17.7 Å². The number of hydrogen-bond donors (Lipinski definition) is 1. The topological polar surface area (TPSA) is 59.2 Å². The molecule has 0 bridgehead atoms. The van der Waals surface area contributed by atoms with Gasteiger partial charge in [0.05, 0.1) is 5.56 Å². The Morgan fingerprint density at radius 2 is 1.89 bits per heavy atom. The fourth-order valence-electron chi connectivity index (χ4n) is 1.72. The molecule has 0 aliphatic carbocycles. The van der Waals surface area contributed by atoms with Crippen LogP contribution in [-0.4, -0.2) is 17.9 Å². The Morgan fingerprint density at radius 1 is 1.22 bits per heavy atom. The molecule has 0 radical (unpaired) electrons. The number of nitrogen functional groups attached to an aromatic ring is 1. The highest BCUT2D eigenvalue weighted by atomic mass is 16.2. The van der Waals surface area contributed by atoms with Crippen LogP contribution in [0.5, 0.6) is 0 Å². The highest BCUT2D eigenvalue weighted by Crippen LogP contribution is 2.19. The third kappa shape index (κ3) is 2.32. The number of rotatable bonds is 2. The summed E-state index contributed by atoms with van der Waals surface area (Å²) in [7, 11) is 1.72. The lowest BCUT2D eigenvalue weighted by atomic mass is 10.1. The van der Waals surface area contributed by atoms with Gasteiger partial charge in [0.1, 0.15) is 0 Å². The second-order valence-electron chi connectivity index (χ2n) is 4.16. The second kappa shape index (κ2) is 4.87. The molecule has 2 rings (SSSR count). The van der Waals surface area contributed by atoms with Crippen LogP contribution >= 0.6 is 0 Å². The highest BCUT2D eigenvalue weighted by molar-refractivity contribution is 6.09. The van der Waals surface area contributed by atoms with E-state index in [4.69, 9.17) is 5.73 Å². The summed E-state index contributed by atoms with van der Waals surface area (Å²) in [5.41, 5.74) is 8.66. The van der Waals surface area contributed by atoms with Crippen LogP contribution < -0.4 is 10.6 Å². The number of benzene rings is 1. The maximum atomic E-state index is 12.3. The van der Waals surface area contributed by atoms with Crippen molar-refractivity contribution in [2.24, 2.45) is 0 Å². The van der Waals surface area contributed by atoms with Gasteiger partial charge in [-0.25, -0.2) is 0 Å². The Morgan fingerprint density at radius 3 is 2.56 bits per heavy atom. The third-order valence-corrected chi connectivity index (χ3v) is 2.79. The van der Waals surface area contributed by atoms with Crippen LogP contribution in [-0.2, 0) is 0 Å². The lowest BCUT2D eigenvalue weighted by Crippen LogP contribution is -2.27. The van der Waals surface area contributed by atoms with E-state index in [-0.39, 0.29) is 5.91 Å². The first-order chi connectivity index (χ1) is 8.59. The summed E-state index contributed by atoms with van der Waals surface area (Å²) >= 11 is 0. The number of aryl methyl sites for hydroxylation is 1. The molecule has 18 heavy (non-hydrogen) atoms. The first-order valence-corrected chi connectivity index (χ1v) is 5.64. The van der Waals surface area contributed by atoms with Crippen LogP contribution in [0.4, 0.5) is 11.4 Å². The molecule has 0 saturated heterocycles. The number of aromatic nitrogens is 1. The molecule has 0 spiro atoms. The fraction of sp³-hybridized carbons (Fsp3) is 0.143. The fourth-order valence-corrected chi connectivity index (χ4v) is 1.72. The van der Waals surface area contributed by atoms with Crippen LogP contribution in [0.15, 0.2) is 42.7 Å². The number of amides is 1. The van der Waals surface area contributed by atoms with Crippen molar-refractivity contribution in [2.45, 2.75) is 6.92 Å². The van der Waals surface area contributed by atoms with Crippen molar-refractivity contribution in [1.29, 1.82) is 0 Å². The van der Waals surface area contributed by atoms with Gasteiger partial charge >= 0.3 is 0 Å². The number of pyridine rings is 1. The molecule has 1 aromatic carbocycles. The highest BCUT2D eigenvalue weighted by Gasteiger charge is 2.16. The normalized spacial score (nSPS) is 10.1. The van der Waals surface area contributed by atoms with E-state index in [0.29, 0.717) is 11.3 Å². The van der Waals surface area contributed by atoms with E-state index >= 15 is 0 Å². The van der Waals surface area contributed by atoms with Crippen LogP contribution in [0.25, 0.3) is 0 Å². The zero-order valence-corrected chi connectivity index (χ0v) is 10.4. The minimum Gasteiger partial charge on any atom is -0.398 e. The summed E-state index contributed by atoms with van der Waals surface area (Å²) in [6.45, 7) is 1.93. The number of anilines is 2. The van der Waals surface area contributed by atoms with E-state index < -0.39 is 0 Å². The van der Waals surface area contributed by atoms with Crippen LogP contribution in [0, 0.1) is 6.92 Å². The van der Waals surface area contributed by atoms with Gasteiger partial charge in [0.15, 0.2) is 0 Å². The van der Waals surface area contributed by atoms with Crippen molar-refractivity contribution in [1.82, 2.24) is 4.98 Å². The van der Waals surface area contributed by atoms with Gasteiger partial charge in [-0.1, -0.05) is 11.6 Å². The Kier molecular flexibility index (Phi) is 3.28. The Bertz CT molecular complexity index is 567. The molecule has 0 aliphatic heterocycles. The molecule has 1 aromatic heterocycles. The van der Waals surface area contributed by atoms with Crippen molar-refractivity contribution < 1.29 is 4.79 Å². The van der Waals surface area contributed by atoms with Crippen molar-refractivity contribution in [3.8, 4) is 0 Å². The first kappa shape index (κ1) is 12.1. The van der Waals surface area contributed by atoms with Gasteiger partial charge in [-0.3, -0.25) is 9.78 Å². The van der Waals surface area contributed by atoms with Crippen molar-refractivity contribution in [3.63, 3.8) is 0 Å². The van der Waals surface area contributed by atoms with Gasteiger partial charge in [-0.15, -0.1) is 0 Å². The summed E-state index contributed by atoms with van der Waals surface area (Å²) < 4.78 is 0. The minimum atomic E-state index is -0.123. The van der Waals surface area contributed by atoms with Crippen LogP contribution in [0.2, 0.25) is 0 Å². The number of nitrogens with two attached hydrogens (primary N) is 1. The van der Waals surface area contributed by atoms with Gasteiger partial charge in [-0.2, -0.15) is 0 Å². The quantitative estimate of drug-likeness (QED) is 0.820. The average Bonchev–Trinajstić information content (AvgIpc) is 2.41. The Balaban J connectivity index is 2.34. The molecular formula is C14H15N3O. The molecule has 4 heteroatoms. The summed E-state index contributed by atoms with van der Waals surface area (Å²) in [5, 5.41) is 0. The summed E-state index contributed by atoms with van der Waals surface area (Å²) in [4.78, 5) is 17.8. The molecule has 4 nitrogen and oxygen atoms in total. The van der Waals surface area contributed by atoms with Crippen molar-refractivity contribution in [3.05, 3.63) is 53.9 Å². The van der Waals surface area contributed by atoms with Gasteiger partial charge in [0, 0.05) is 30.8 Å². The number of nitrogens with zero attached hydrogens (tertiary/aromatic N) is 2. The number of carbonyl (C=O) groups is 1. The summed E-state index contributed by atoms with van der Waals surface area (Å²) in [6, 6.07) is 9.00. The average molecular weight is 241 g/mol. The monoisotopic (exact) mass is 241 g/mol. The summed E-state index contributed by atoms with van der Waals surface area (Å²) in [6.07, 6.45) is 3.30. The lowest BCUT2D eigenvalue weighted by molar-refractivity contribution is 0.0994. The van der Waals surface area contributed by atoms with E-state index in [0.717, 1.165) is 11.3 Å². The van der Waals surface area contributed by atoms with Gasteiger partial charge in [0.25, 0.3) is 5.91 Å². The second-order valence-corrected chi connectivity index (χ2v) is 4.16. The summed E-state index contributed by atoms with van der Waals surface area (Å²) in [5.74, 6) is -0.123. The molecule has 0 saturated carbocycles. The van der Waals surface area contributed by atoms with E-state index in [1.165, 1.54) is 0 Å². The Labute approximate surface area is 106 Å². The minimum absolute atomic E-state index is 0.123. The van der Waals surface area contributed by atoms with Crippen LogP contribution in [0.3, 0.4) is 0 Å². The molecule has 0 atom stereocenters. The smallest absolute Gasteiger partial charge is 0.260 e. The number of hydrogen-bond acceptors (Lipinski definition) is 3. The predicted octanol–water partition coefficient (Wildman–Crippen LogP) is 2.25. The molecule has 1 amide bonds. The maximum Gasteiger partial charge on any atom is 0.260 e. The maximum absolute atomic E-state index is 12.3. The molecule has 1 heterocycles. The molecule has 2 aromatic rings. The third-order valence-electron chi connectivity index (χ3n) is 2.79. The molecule has 0 aliphatic rings. The van der Waals surface area contributed by atoms with Gasteiger partial charge in [-0.05, 0) is 31.2 Å². The van der Waals surface area contributed by atoms with E-state index in [9.17, 15) is 4.79 Å². The zero-order chi connectivity index (χ0) is 13.1. The molecule has 0 unspecified atom stereocenters. The SMILES string of the molecule is Cc1ccc(N)c(C(=O)N(C)c2ccncc2)c1. The Hall–Kier alpha value is -2.36. The molecule has 2 N–H and O–H groups in total. The first-order valence-electron chi connectivity index (χ1n) is 5.64. The van der Waals surface area contributed by atoms with E-state index in [2.05, 4.69) is 4.98 Å². The predicted molar refractivity (Wildman–Crippen MR) is 72.6 cm³/mol. The largest absolute Gasteiger partial charge is 0.398 e. The van der Waals surface area contributed by atoms with Crippen LogP contribution in [0.1, 0.15) is 15.9 Å². The lowest BCUT2D eigenvalue weighted by Gasteiger charge is -2.18. The van der Waals surface area contributed by atoms with Gasteiger partial charge in [0.2, 0.25) is 0 Å². The van der Waals surface area contributed by atoms with Crippen molar-refractivity contribution >= 4 is 17.3 Å². The van der Waals surface area contributed by atoms with E-state index in [1.807, 2.05) is 13.0 Å². The zero-order valence-electron chi connectivity index (χ0n) is 10.4. The molecule has 0 fully saturated rings. The molecule has 92 valence electrons.